The van der Waals surface area contributed by atoms with Crippen LogP contribution in [-0.2, 0) is 0 Å². The molecule has 0 aromatic heterocycles. The van der Waals surface area contributed by atoms with Gasteiger partial charge in [0.2, 0.25) is 0 Å². The molecule has 0 heterocycles. The first-order valence-corrected chi connectivity index (χ1v) is 6.83. The average Bonchev–Trinajstić information content (AvgIpc) is 2.27. The molecule has 1 aromatic carbocycles. The molecule has 1 unspecified atom stereocenters. The summed E-state index contributed by atoms with van der Waals surface area (Å²) in [5, 5.41) is 3.45. The van der Waals surface area contributed by atoms with E-state index in [1.807, 2.05) is 12.1 Å². The maximum atomic E-state index is 13.6. The van der Waals surface area contributed by atoms with Gasteiger partial charge < -0.3 is 5.32 Å². The van der Waals surface area contributed by atoms with Crippen LogP contribution in [-0.4, -0.2) is 6.54 Å². The highest BCUT2D eigenvalue weighted by molar-refractivity contribution is 5.25. The van der Waals surface area contributed by atoms with Gasteiger partial charge in [-0.1, -0.05) is 39.8 Å². The Morgan fingerprint density at radius 2 is 1.94 bits per heavy atom. The maximum absolute atomic E-state index is 13.6. The fourth-order valence-corrected chi connectivity index (χ4v) is 2.04. The van der Waals surface area contributed by atoms with Crippen LogP contribution >= 0.6 is 0 Å². The fraction of sp³-hybridized carbons (Fsp3) is 0.625. The Morgan fingerprint density at radius 1 is 1.28 bits per heavy atom. The molecule has 0 aliphatic rings. The molecular weight excluding hydrogens is 225 g/mol. The topological polar surface area (TPSA) is 12.0 Å². The van der Waals surface area contributed by atoms with E-state index in [-0.39, 0.29) is 11.9 Å². The quantitative estimate of drug-likeness (QED) is 0.805. The molecule has 1 nitrogen and oxygen atoms in total. The molecular formula is C16H26FN. The Morgan fingerprint density at radius 3 is 2.44 bits per heavy atom. The molecule has 0 radical (unpaired) electrons. The zero-order chi connectivity index (χ0) is 13.8. The van der Waals surface area contributed by atoms with E-state index in [1.54, 1.807) is 13.0 Å². The summed E-state index contributed by atoms with van der Waals surface area (Å²) >= 11 is 0. The number of hydrogen-bond acceptors (Lipinski definition) is 1. The molecule has 0 fully saturated rings. The van der Waals surface area contributed by atoms with E-state index in [2.05, 4.69) is 33.0 Å². The average molecular weight is 251 g/mol. The summed E-state index contributed by atoms with van der Waals surface area (Å²) in [4.78, 5) is 0. The van der Waals surface area contributed by atoms with Crippen LogP contribution in [0.2, 0.25) is 0 Å². The standard InChI is InChI=1S/C16H26FN/c1-6-18-15(9-10-16(3,4)5)13-8-7-12(2)14(17)11-13/h7-8,11,15,18H,6,9-10H2,1-5H3. The summed E-state index contributed by atoms with van der Waals surface area (Å²) in [6.45, 7) is 11.5. The maximum Gasteiger partial charge on any atom is 0.126 e. The lowest BCUT2D eigenvalue weighted by atomic mass is 9.87. The zero-order valence-corrected chi connectivity index (χ0v) is 12.3. The number of aryl methyl sites for hydroxylation is 1. The van der Waals surface area contributed by atoms with Crippen molar-refractivity contribution in [1.29, 1.82) is 0 Å². The summed E-state index contributed by atoms with van der Waals surface area (Å²) in [6.07, 6.45) is 2.17. The molecule has 0 spiro atoms. The third kappa shape index (κ3) is 4.77. The second kappa shape index (κ2) is 6.33. The predicted molar refractivity (Wildman–Crippen MR) is 76.2 cm³/mol. The van der Waals surface area contributed by atoms with E-state index in [0.29, 0.717) is 11.0 Å². The molecule has 0 saturated heterocycles. The van der Waals surface area contributed by atoms with Crippen LogP contribution in [0.15, 0.2) is 18.2 Å². The lowest BCUT2D eigenvalue weighted by Gasteiger charge is -2.24. The van der Waals surface area contributed by atoms with Gasteiger partial charge in [0, 0.05) is 6.04 Å². The summed E-state index contributed by atoms with van der Waals surface area (Å²) in [5.41, 5.74) is 2.09. The summed E-state index contributed by atoms with van der Waals surface area (Å²) in [5.74, 6) is -0.105. The van der Waals surface area contributed by atoms with E-state index in [1.165, 1.54) is 0 Å². The van der Waals surface area contributed by atoms with E-state index >= 15 is 0 Å². The van der Waals surface area contributed by atoms with Crippen molar-refractivity contribution >= 4 is 0 Å². The Balaban J connectivity index is 2.80. The molecule has 0 aliphatic carbocycles. The van der Waals surface area contributed by atoms with Gasteiger partial charge in [-0.15, -0.1) is 0 Å². The number of hydrogen-bond donors (Lipinski definition) is 1. The lowest BCUT2D eigenvalue weighted by molar-refractivity contribution is 0.333. The number of halogens is 1. The third-order valence-corrected chi connectivity index (χ3v) is 3.23. The molecule has 18 heavy (non-hydrogen) atoms. The van der Waals surface area contributed by atoms with Crippen molar-refractivity contribution in [1.82, 2.24) is 5.32 Å². The Labute approximate surface area is 111 Å². The molecule has 102 valence electrons. The zero-order valence-electron chi connectivity index (χ0n) is 12.3. The molecule has 0 saturated carbocycles. The van der Waals surface area contributed by atoms with Gasteiger partial charge in [0.25, 0.3) is 0 Å². The van der Waals surface area contributed by atoms with Crippen molar-refractivity contribution in [3.63, 3.8) is 0 Å². The smallest absolute Gasteiger partial charge is 0.126 e. The minimum Gasteiger partial charge on any atom is -0.310 e. The highest BCUT2D eigenvalue weighted by Crippen LogP contribution is 2.28. The van der Waals surface area contributed by atoms with Gasteiger partial charge in [-0.25, -0.2) is 4.39 Å². The fourth-order valence-electron chi connectivity index (χ4n) is 2.04. The van der Waals surface area contributed by atoms with Gasteiger partial charge in [-0.2, -0.15) is 0 Å². The van der Waals surface area contributed by atoms with Crippen LogP contribution in [0.3, 0.4) is 0 Å². The van der Waals surface area contributed by atoms with Crippen molar-refractivity contribution in [2.75, 3.05) is 6.54 Å². The van der Waals surface area contributed by atoms with Crippen LogP contribution in [0.25, 0.3) is 0 Å². The second-order valence-electron chi connectivity index (χ2n) is 6.22. The van der Waals surface area contributed by atoms with E-state index in [4.69, 9.17) is 0 Å². The Bertz CT molecular complexity index is 379. The molecule has 0 aliphatic heterocycles. The van der Waals surface area contributed by atoms with Crippen molar-refractivity contribution < 1.29 is 4.39 Å². The highest BCUT2D eigenvalue weighted by Gasteiger charge is 2.16. The lowest BCUT2D eigenvalue weighted by Crippen LogP contribution is -2.22. The first-order valence-electron chi connectivity index (χ1n) is 6.83. The third-order valence-electron chi connectivity index (χ3n) is 3.23. The van der Waals surface area contributed by atoms with Crippen LogP contribution in [0.4, 0.5) is 4.39 Å². The first kappa shape index (κ1) is 15.2. The molecule has 1 N–H and O–H groups in total. The van der Waals surface area contributed by atoms with Crippen LogP contribution < -0.4 is 5.32 Å². The van der Waals surface area contributed by atoms with Gasteiger partial charge in [0.05, 0.1) is 0 Å². The predicted octanol–water partition coefficient (Wildman–Crippen LogP) is 4.61. The molecule has 0 bridgehead atoms. The minimum absolute atomic E-state index is 0.105. The van der Waals surface area contributed by atoms with Gasteiger partial charge in [0.1, 0.15) is 5.82 Å². The van der Waals surface area contributed by atoms with Crippen molar-refractivity contribution in [2.24, 2.45) is 5.41 Å². The Kier molecular flexibility index (Phi) is 5.33. The van der Waals surface area contributed by atoms with Crippen molar-refractivity contribution in [3.8, 4) is 0 Å². The van der Waals surface area contributed by atoms with Gasteiger partial charge in [-0.05, 0) is 48.9 Å². The van der Waals surface area contributed by atoms with Crippen molar-refractivity contribution in [3.05, 3.63) is 35.1 Å². The number of nitrogens with one attached hydrogen (secondary N) is 1. The summed E-state index contributed by atoms with van der Waals surface area (Å²) < 4.78 is 13.6. The SMILES string of the molecule is CCNC(CCC(C)(C)C)c1ccc(C)c(F)c1. The van der Waals surface area contributed by atoms with E-state index < -0.39 is 0 Å². The summed E-state index contributed by atoms with van der Waals surface area (Å²) in [7, 11) is 0. The first-order chi connectivity index (χ1) is 8.33. The molecule has 1 rings (SSSR count). The molecule has 0 amide bonds. The molecule has 1 atom stereocenters. The van der Waals surface area contributed by atoms with Crippen molar-refractivity contribution in [2.45, 2.75) is 53.5 Å². The van der Waals surface area contributed by atoms with E-state index in [0.717, 1.165) is 24.9 Å². The van der Waals surface area contributed by atoms with Crippen LogP contribution in [0.1, 0.15) is 57.7 Å². The number of benzene rings is 1. The molecule has 2 heteroatoms. The minimum atomic E-state index is -0.105. The van der Waals surface area contributed by atoms with Gasteiger partial charge in [-0.3, -0.25) is 0 Å². The van der Waals surface area contributed by atoms with Crippen LogP contribution in [0, 0.1) is 18.2 Å². The number of rotatable bonds is 5. The monoisotopic (exact) mass is 251 g/mol. The molecule has 1 aromatic rings. The van der Waals surface area contributed by atoms with Gasteiger partial charge in [0.15, 0.2) is 0 Å². The second-order valence-corrected chi connectivity index (χ2v) is 6.22. The normalized spacial score (nSPS) is 13.7. The van der Waals surface area contributed by atoms with Crippen LogP contribution in [0.5, 0.6) is 0 Å². The Hall–Kier alpha value is -0.890. The van der Waals surface area contributed by atoms with Gasteiger partial charge >= 0.3 is 0 Å². The highest BCUT2D eigenvalue weighted by atomic mass is 19.1. The van der Waals surface area contributed by atoms with E-state index in [9.17, 15) is 4.39 Å². The largest absolute Gasteiger partial charge is 0.310 e. The summed E-state index contributed by atoms with van der Waals surface area (Å²) in [6, 6.07) is 5.83.